The van der Waals surface area contributed by atoms with Crippen LogP contribution in [0.3, 0.4) is 0 Å². The Kier molecular flexibility index (Phi) is 3.86. The van der Waals surface area contributed by atoms with Crippen molar-refractivity contribution in [1.82, 2.24) is 10.2 Å². The lowest BCUT2D eigenvalue weighted by Gasteiger charge is -2.31. The molecule has 0 radical (unpaired) electrons. The van der Waals surface area contributed by atoms with Crippen molar-refractivity contribution in [1.29, 1.82) is 0 Å². The second-order valence-corrected chi connectivity index (χ2v) is 4.89. The number of ether oxygens (including phenoxy) is 1. The lowest BCUT2D eigenvalue weighted by molar-refractivity contribution is 0.103. The fourth-order valence-electron chi connectivity index (χ4n) is 2.99. The molecular formula is C12H22FN3O. The van der Waals surface area contributed by atoms with E-state index in [-0.39, 0.29) is 5.54 Å². The number of hydrogen-bond donors (Lipinski definition) is 1. The topological polar surface area (TPSA) is 36.9 Å². The molecule has 1 N–H and O–H groups in total. The average Bonchev–Trinajstić information content (AvgIpc) is 2.80. The lowest BCUT2D eigenvalue weighted by Crippen LogP contribution is -2.44. The summed E-state index contributed by atoms with van der Waals surface area (Å²) < 4.78 is 19.2. The molecule has 0 saturated carbocycles. The number of nitrogens with zero attached hydrogens (tertiary/aromatic N) is 2. The maximum absolute atomic E-state index is 13.5. The van der Waals surface area contributed by atoms with Gasteiger partial charge in [0.1, 0.15) is 12.8 Å². The van der Waals surface area contributed by atoms with Crippen molar-refractivity contribution < 1.29 is 9.13 Å². The van der Waals surface area contributed by atoms with E-state index in [0.29, 0.717) is 32.1 Å². The third-order valence-corrected chi connectivity index (χ3v) is 3.75. The number of rotatable bonds is 3. The number of fused-ring (bicyclic) bond motifs is 1. The number of hydrogen-bond acceptors (Lipinski definition) is 3. The normalized spacial score (nSPS) is 33.8. The molecule has 4 nitrogen and oxygen atoms in total. The van der Waals surface area contributed by atoms with E-state index in [1.165, 1.54) is 0 Å². The van der Waals surface area contributed by atoms with E-state index in [1.54, 1.807) is 7.05 Å². The van der Waals surface area contributed by atoms with E-state index in [1.807, 2.05) is 6.92 Å². The summed E-state index contributed by atoms with van der Waals surface area (Å²) in [6.07, 6.45) is 2.10. The minimum Gasteiger partial charge on any atom is -0.463 e. The molecule has 0 aromatic carbocycles. The van der Waals surface area contributed by atoms with E-state index < -0.39 is 6.17 Å². The molecule has 0 bridgehead atoms. The molecule has 2 saturated heterocycles. The summed E-state index contributed by atoms with van der Waals surface area (Å²) in [6, 6.07) is 0.566. The van der Waals surface area contributed by atoms with Gasteiger partial charge in [0, 0.05) is 26.6 Å². The van der Waals surface area contributed by atoms with Crippen LogP contribution in [0.15, 0.2) is 4.99 Å². The van der Waals surface area contributed by atoms with Gasteiger partial charge in [-0.05, 0) is 26.3 Å². The Balaban J connectivity index is 1.95. The second kappa shape index (κ2) is 5.21. The third kappa shape index (κ3) is 2.54. The molecule has 2 rings (SSSR count). The smallest absolute Gasteiger partial charge is 0.284 e. The Hall–Kier alpha value is -0.840. The molecule has 98 valence electrons. The summed E-state index contributed by atoms with van der Waals surface area (Å²) in [5, 5.41) is 2.93. The molecular weight excluding hydrogens is 221 g/mol. The summed E-state index contributed by atoms with van der Waals surface area (Å²) in [4.78, 5) is 6.45. The van der Waals surface area contributed by atoms with E-state index in [9.17, 15) is 4.39 Å². The SMILES string of the molecule is CC/N=C(\NC)OC[C@@]12CCCN1C[C@H](F)C2. The Bertz CT molecular complexity index is 297. The molecule has 2 atom stereocenters. The standard InChI is InChI=1S/C12H22FN3O/c1-3-15-11(14-2)17-9-12-5-4-6-16(12)8-10(13)7-12/h10H,3-9H2,1-2H3,(H,14,15)/t10-,12+/m1/s1. The van der Waals surface area contributed by atoms with Gasteiger partial charge in [0.15, 0.2) is 0 Å². The van der Waals surface area contributed by atoms with Crippen LogP contribution in [-0.2, 0) is 4.74 Å². The molecule has 0 amide bonds. The van der Waals surface area contributed by atoms with Gasteiger partial charge in [-0.2, -0.15) is 0 Å². The highest BCUT2D eigenvalue weighted by Gasteiger charge is 2.49. The van der Waals surface area contributed by atoms with Crippen molar-refractivity contribution in [3.63, 3.8) is 0 Å². The minimum absolute atomic E-state index is 0.0786. The van der Waals surface area contributed by atoms with Gasteiger partial charge < -0.3 is 10.1 Å². The predicted molar refractivity (Wildman–Crippen MR) is 66.0 cm³/mol. The number of alkyl halides is 1. The number of aliphatic imine (C=N–C) groups is 1. The highest BCUT2D eigenvalue weighted by molar-refractivity contribution is 5.73. The number of halogens is 1. The maximum atomic E-state index is 13.5. The van der Waals surface area contributed by atoms with Crippen LogP contribution in [0.25, 0.3) is 0 Å². The maximum Gasteiger partial charge on any atom is 0.284 e. The highest BCUT2D eigenvalue weighted by Crippen LogP contribution is 2.40. The van der Waals surface area contributed by atoms with Gasteiger partial charge in [0.2, 0.25) is 0 Å². The Morgan fingerprint density at radius 1 is 1.65 bits per heavy atom. The first-order chi connectivity index (χ1) is 8.20. The van der Waals surface area contributed by atoms with Crippen molar-refractivity contribution in [2.45, 2.75) is 37.9 Å². The quantitative estimate of drug-likeness (QED) is 0.597. The van der Waals surface area contributed by atoms with E-state index >= 15 is 0 Å². The third-order valence-electron chi connectivity index (χ3n) is 3.75. The van der Waals surface area contributed by atoms with E-state index in [0.717, 1.165) is 19.4 Å². The molecule has 2 aliphatic heterocycles. The van der Waals surface area contributed by atoms with Crippen molar-refractivity contribution in [3.8, 4) is 0 Å². The first-order valence-corrected chi connectivity index (χ1v) is 6.44. The van der Waals surface area contributed by atoms with Crippen molar-refractivity contribution in [2.75, 3.05) is 33.3 Å². The predicted octanol–water partition coefficient (Wildman–Crippen LogP) is 1.17. The fourth-order valence-corrected chi connectivity index (χ4v) is 2.99. The van der Waals surface area contributed by atoms with Crippen LogP contribution in [-0.4, -0.2) is 55.9 Å². The van der Waals surface area contributed by atoms with Gasteiger partial charge in [0.25, 0.3) is 6.02 Å². The molecule has 0 aliphatic carbocycles. The summed E-state index contributed by atoms with van der Waals surface area (Å²) >= 11 is 0. The average molecular weight is 243 g/mol. The monoisotopic (exact) mass is 243 g/mol. The summed E-state index contributed by atoms with van der Waals surface area (Å²) in [5.41, 5.74) is -0.0786. The Morgan fingerprint density at radius 3 is 3.18 bits per heavy atom. The molecule has 0 unspecified atom stereocenters. The highest BCUT2D eigenvalue weighted by atomic mass is 19.1. The number of nitrogens with one attached hydrogen (secondary N) is 1. The Labute approximate surface area is 102 Å². The largest absolute Gasteiger partial charge is 0.463 e. The van der Waals surface area contributed by atoms with Gasteiger partial charge in [-0.3, -0.25) is 4.90 Å². The first kappa shape index (κ1) is 12.6. The minimum atomic E-state index is -0.694. The van der Waals surface area contributed by atoms with E-state index in [4.69, 9.17) is 4.74 Å². The zero-order valence-electron chi connectivity index (χ0n) is 10.7. The summed E-state index contributed by atoms with van der Waals surface area (Å²) in [7, 11) is 1.80. The summed E-state index contributed by atoms with van der Waals surface area (Å²) in [6.45, 7) is 4.78. The molecule has 2 aliphatic rings. The molecule has 2 heterocycles. The molecule has 0 aromatic heterocycles. The van der Waals surface area contributed by atoms with Crippen LogP contribution in [0.1, 0.15) is 26.2 Å². The molecule has 5 heteroatoms. The summed E-state index contributed by atoms with van der Waals surface area (Å²) in [5.74, 6) is 0. The van der Waals surface area contributed by atoms with E-state index in [2.05, 4.69) is 15.2 Å². The number of amidine groups is 1. The lowest BCUT2D eigenvalue weighted by atomic mass is 9.95. The van der Waals surface area contributed by atoms with Crippen molar-refractivity contribution in [2.24, 2.45) is 4.99 Å². The van der Waals surface area contributed by atoms with Crippen LogP contribution in [0.2, 0.25) is 0 Å². The van der Waals surface area contributed by atoms with Crippen LogP contribution in [0.5, 0.6) is 0 Å². The zero-order valence-corrected chi connectivity index (χ0v) is 10.7. The van der Waals surface area contributed by atoms with Crippen molar-refractivity contribution in [3.05, 3.63) is 0 Å². The molecule has 2 fully saturated rings. The van der Waals surface area contributed by atoms with Crippen LogP contribution >= 0.6 is 0 Å². The molecule has 17 heavy (non-hydrogen) atoms. The van der Waals surface area contributed by atoms with Crippen LogP contribution < -0.4 is 5.32 Å². The first-order valence-electron chi connectivity index (χ1n) is 6.44. The van der Waals surface area contributed by atoms with Crippen LogP contribution in [0.4, 0.5) is 4.39 Å². The van der Waals surface area contributed by atoms with Gasteiger partial charge in [-0.1, -0.05) is 0 Å². The molecule has 0 aromatic rings. The van der Waals surface area contributed by atoms with Crippen molar-refractivity contribution >= 4 is 6.02 Å². The van der Waals surface area contributed by atoms with Gasteiger partial charge in [-0.15, -0.1) is 0 Å². The fraction of sp³-hybridized carbons (Fsp3) is 0.917. The second-order valence-electron chi connectivity index (χ2n) is 4.89. The zero-order chi connectivity index (χ0) is 12.3. The van der Waals surface area contributed by atoms with Crippen LogP contribution in [0, 0.1) is 0 Å². The van der Waals surface area contributed by atoms with Gasteiger partial charge in [-0.25, -0.2) is 9.38 Å². The molecule has 0 spiro atoms. The van der Waals surface area contributed by atoms with Gasteiger partial charge in [0.05, 0.1) is 5.54 Å². The van der Waals surface area contributed by atoms with Gasteiger partial charge >= 0.3 is 0 Å². The Morgan fingerprint density at radius 2 is 2.47 bits per heavy atom.